The lowest BCUT2D eigenvalue weighted by Crippen LogP contribution is -2.50. The zero-order chi connectivity index (χ0) is 22.6. The summed E-state index contributed by atoms with van der Waals surface area (Å²) in [7, 11) is -3.14. The Morgan fingerprint density at radius 1 is 1.19 bits per heavy atom. The molecule has 3 aliphatic rings. The van der Waals surface area contributed by atoms with Crippen LogP contribution < -0.4 is 5.32 Å². The number of carbonyl (C=O) groups is 1. The molecule has 8 heteroatoms. The van der Waals surface area contributed by atoms with Gasteiger partial charge in [-0.2, -0.15) is 0 Å². The van der Waals surface area contributed by atoms with Gasteiger partial charge in [0.1, 0.15) is 0 Å². The molecule has 0 aliphatic carbocycles. The molecule has 1 spiro atoms. The molecule has 1 unspecified atom stereocenters. The fourth-order valence-electron chi connectivity index (χ4n) is 5.49. The molecule has 1 N–H and O–H groups in total. The molecule has 4 rings (SSSR count). The minimum absolute atomic E-state index is 0.129. The van der Waals surface area contributed by atoms with Gasteiger partial charge in [-0.05, 0) is 55.6 Å². The molecule has 0 saturated carbocycles. The lowest BCUT2D eigenvalue weighted by Gasteiger charge is -2.45. The Labute approximate surface area is 192 Å². The Hall–Kier alpha value is -1.48. The van der Waals surface area contributed by atoms with Gasteiger partial charge in [0.2, 0.25) is 15.9 Å². The van der Waals surface area contributed by atoms with Gasteiger partial charge in [-0.25, -0.2) is 12.7 Å². The van der Waals surface area contributed by atoms with E-state index in [9.17, 15) is 13.2 Å². The minimum Gasteiger partial charge on any atom is -0.375 e. The Morgan fingerprint density at radius 3 is 2.69 bits per heavy atom. The van der Waals surface area contributed by atoms with E-state index in [1.807, 2.05) is 0 Å². The lowest BCUT2D eigenvalue weighted by atomic mass is 9.78. The average molecular weight is 464 g/mol. The van der Waals surface area contributed by atoms with Crippen molar-refractivity contribution in [2.75, 3.05) is 45.6 Å². The van der Waals surface area contributed by atoms with Crippen molar-refractivity contribution in [1.29, 1.82) is 0 Å². The summed E-state index contributed by atoms with van der Waals surface area (Å²) in [5, 5.41) is 3.11. The molecule has 7 nitrogen and oxygen atoms in total. The van der Waals surface area contributed by atoms with E-state index in [2.05, 4.69) is 34.5 Å². The number of hydrogen-bond donors (Lipinski definition) is 1. The van der Waals surface area contributed by atoms with Gasteiger partial charge >= 0.3 is 0 Å². The number of carbonyl (C=O) groups excluding carboxylic acids is 1. The molecule has 3 heterocycles. The Kier molecular flexibility index (Phi) is 7.54. The number of rotatable bonds is 7. The Bertz CT molecular complexity index is 896. The van der Waals surface area contributed by atoms with Crippen LogP contribution in [0.3, 0.4) is 0 Å². The molecule has 0 bridgehead atoms. The summed E-state index contributed by atoms with van der Waals surface area (Å²) in [6.07, 6.45) is 7.07. The number of fused-ring (bicyclic) bond motifs is 1. The smallest absolute Gasteiger partial charge is 0.220 e. The molecule has 178 valence electrons. The van der Waals surface area contributed by atoms with Crippen LogP contribution in [0.5, 0.6) is 0 Å². The van der Waals surface area contributed by atoms with Crippen molar-refractivity contribution in [2.24, 2.45) is 5.92 Å². The molecule has 3 aliphatic heterocycles. The first-order valence-electron chi connectivity index (χ1n) is 12.0. The number of sulfonamides is 1. The van der Waals surface area contributed by atoms with E-state index < -0.39 is 10.0 Å². The topological polar surface area (TPSA) is 79.0 Å². The quantitative estimate of drug-likeness (QED) is 0.627. The van der Waals surface area contributed by atoms with E-state index in [-0.39, 0.29) is 11.5 Å². The van der Waals surface area contributed by atoms with E-state index in [4.69, 9.17) is 4.74 Å². The molecular formula is C24H37N3O4S. The number of piperidine rings is 1. The van der Waals surface area contributed by atoms with Crippen LogP contribution in [0.1, 0.15) is 49.7 Å². The third kappa shape index (κ3) is 6.10. The van der Waals surface area contributed by atoms with Crippen molar-refractivity contribution in [3.63, 3.8) is 0 Å². The maximum Gasteiger partial charge on any atom is 0.220 e. The minimum atomic E-state index is -3.14. The number of benzene rings is 1. The highest BCUT2D eigenvalue weighted by molar-refractivity contribution is 7.88. The summed E-state index contributed by atoms with van der Waals surface area (Å²) in [5.41, 5.74) is 2.64. The lowest BCUT2D eigenvalue weighted by molar-refractivity contribution is -0.132. The second-order valence-electron chi connectivity index (χ2n) is 9.75. The normalized spacial score (nSPS) is 24.2. The molecule has 2 fully saturated rings. The van der Waals surface area contributed by atoms with E-state index >= 15 is 0 Å². The van der Waals surface area contributed by atoms with Gasteiger partial charge in [0.25, 0.3) is 0 Å². The first-order chi connectivity index (χ1) is 15.3. The van der Waals surface area contributed by atoms with Gasteiger partial charge in [-0.1, -0.05) is 24.3 Å². The molecule has 0 radical (unpaired) electrons. The third-order valence-electron chi connectivity index (χ3n) is 7.35. The second kappa shape index (κ2) is 10.2. The standard InChI is InChI=1S/C24H37N3O4S/c1-32(29,30)27-14-9-24(10-15-27)18-20(8-16-31-24)17-23(28)25-11-4-12-26-13-7-21-5-2-3-6-22(21)19-26/h2-3,5-6,20H,4,7-19H2,1H3,(H,25,28). The van der Waals surface area contributed by atoms with Gasteiger partial charge in [0.05, 0.1) is 11.9 Å². The SMILES string of the molecule is CS(=O)(=O)N1CCC2(CC1)CC(CC(=O)NCCCN1CCc3ccccc3C1)CCO2. The van der Waals surface area contributed by atoms with Crippen molar-refractivity contribution in [2.45, 2.75) is 57.1 Å². The van der Waals surface area contributed by atoms with Gasteiger partial charge < -0.3 is 10.1 Å². The summed E-state index contributed by atoms with van der Waals surface area (Å²) in [6.45, 7) is 5.50. The monoisotopic (exact) mass is 463 g/mol. The number of nitrogens with one attached hydrogen (secondary N) is 1. The Balaban J connectivity index is 1.15. The first kappa shape index (κ1) is 23.7. The highest BCUT2D eigenvalue weighted by Gasteiger charge is 2.42. The van der Waals surface area contributed by atoms with Crippen LogP contribution >= 0.6 is 0 Å². The zero-order valence-electron chi connectivity index (χ0n) is 19.2. The maximum absolute atomic E-state index is 12.5. The van der Waals surface area contributed by atoms with Crippen molar-refractivity contribution in [1.82, 2.24) is 14.5 Å². The van der Waals surface area contributed by atoms with E-state index in [0.29, 0.717) is 38.6 Å². The van der Waals surface area contributed by atoms with Crippen LogP contribution in [0.25, 0.3) is 0 Å². The van der Waals surface area contributed by atoms with Gasteiger partial charge in [-0.15, -0.1) is 0 Å². The number of nitrogens with zero attached hydrogens (tertiary/aromatic N) is 2. The predicted octanol–water partition coefficient (Wildman–Crippen LogP) is 2.16. The zero-order valence-corrected chi connectivity index (χ0v) is 20.0. The first-order valence-corrected chi connectivity index (χ1v) is 13.8. The number of hydrogen-bond acceptors (Lipinski definition) is 5. The predicted molar refractivity (Wildman–Crippen MR) is 125 cm³/mol. The summed E-state index contributed by atoms with van der Waals surface area (Å²) < 4.78 is 31.2. The Morgan fingerprint density at radius 2 is 1.94 bits per heavy atom. The molecule has 0 aromatic heterocycles. The summed E-state index contributed by atoms with van der Waals surface area (Å²) in [6, 6.07) is 8.66. The maximum atomic E-state index is 12.5. The number of ether oxygens (including phenoxy) is 1. The van der Waals surface area contributed by atoms with Crippen LogP contribution in [-0.4, -0.2) is 74.7 Å². The average Bonchev–Trinajstić information content (AvgIpc) is 2.76. The summed E-state index contributed by atoms with van der Waals surface area (Å²) in [4.78, 5) is 15.0. The van der Waals surface area contributed by atoms with Crippen molar-refractivity contribution in [3.05, 3.63) is 35.4 Å². The van der Waals surface area contributed by atoms with Crippen LogP contribution in [0, 0.1) is 5.92 Å². The van der Waals surface area contributed by atoms with Crippen LogP contribution in [-0.2, 0) is 32.5 Å². The third-order valence-corrected chi connectivity index (χ3v) is 8.66. The fraction of sp³-hybridized carbons (Fsp3) is 0.708. The van der Waals surface area contributed by atoms with Crippen LogP contribution in [0.2, 0.25) is 0 Å². The number of amides is 1. The molecule has 1 atom stereocenters. The molecular weight excluding hydrogens is 426 g/mol. The molecule has 1 aromatic rings. The summed E-state index contributed by atoms with van der Waals surface area (Å²) >= 11 is 0. The highest BCUT2D eigenvalue weighted by Crippen LogP contribution is 2.39. The largest absolute Gasteiger partial charge is 0.375 e. The van der Waals surface area contributed by atoms with Crippen LogP contribution in [0.15, 0.2) is 24.3 Å². The molecule has 32 heavy (non-hydrogen) atoms. The van der Waals surface area contributed by atoms with Crippen molar-refractivity contribution >= 4 is 15.9 Å². The van der Waals surface area contributed by atoms with Gasteiger partial charge in [0, 0.05) is 52.3 Å². The van der Waals surface area contributed by atoms with Gasteiger partial charge in [-0.3, -0.25) is 9.69 Å². The van der Waals surface area contributed by atoms with Crippen molar-refractivity contribution < 1.29 is 17.9 Å². The van der Waals surface area contributed by atoms with Crippen LogP contribution in [0.4, 0.5) is 0 Å². The summed E-state index contributed by atoms with van der Waals surface area (Å²) in [5.74, 6) is 0.441. The van der Waals surface area contributed by atoms with E-state index in [1.54, 1.807) is 4.31 Å². The molecule has 1 amide bonds. The molecule has 1 aromatic carbocycles. The van der Waals surface area contributed by atoms with Crippen molar-refractivity contribution in [3.8, 4) is 0 Å². The fourth-order valence-corrected chi connectivity index (χ4v) is 6.33. The van der Waals surface area contributed by atoms with E-state index in [1.165, 1.54) is 17.4 Å². The van der Waals surface area contributed by atoms with Gasteiger partial charge in [0.15, 0.2) is 0 Å². The highest BCUT2D eigenvalue weighted by atomic mass is 32.2. The molecule has 2 saturated heterocycles. The second-order valence-corrected chi connectivity index (χ2v) is 11.7. The van der Waals surface area contributed by atoms with E-state index in [0.717, 1.165) is 58.2 Å².